The number of hydrogen-bond acceptors (Lipinski definition) is 11. The van der Waals surface area contributed by atoms with E-state index in [4.69, 9.17) is 5.11 Å². The monoisotopic (exact) mass is 497 g/mol. The van der Waals surface area contributed by atoms with Crippen molar-refractivity contribution in [2.75, 3.05) is 32.2 Å². The molecule has 0 heterocycles. The topological polar surface area (TPSA) is 226 Å². The van der Waals surface area contributed by atoms with Crippen LogP contribution in [0.3, 0.4) is 0 Å². The Morgan fingerprint density at radius 1 is 0.970 bits per heavy atom. The number of aliphatic hydroxyl groups is 5. The summed E-state index contributed by atoms with van der Waals surface area (Å²) in [5, 5.41) is 63.9. The predicted molar refractivity (Wildman–Crippen MR) is 118 cm³/mol. The first-order valence-electron chi connectivity index (χ1n) is 10.2. The zero-order chi connectivity index (χ0) is 25.7. The van der Waals surface area contributed by atoms with Gasteiger partial charge in [-0.3, -0.25) is 14.4 Å². The summed E-state index contributed by atoms with van der Waals surface area (Å²) in [6.07, 6.45) is -6.37. The van der Waals surface area contributed by atoms with Crippen molar-refractivity contribution in [1.29, 1.82) is 0 Å². The number of thioether (sulfide) groups is 1. The SMILES string of the molecule is CN[C@@H](C)C(=O)C[C@@H](CC(=O)NC[C@H](O)[C@@H](O)[C@H](O)[C@H](O)CO)C(=O)N[C@@H](CSC)C(=O)O. The van der Waals surface area contributed by atoms with Crippen molar-refractivity contribution in [2.24, 2.45) is 5.92 Å². The number of aliphatic hydroxyl groups excluding tert-OH is 5. The van der Waals surface area contributed by atoms with Gasteiger partial charge in [0.05, 0.1) is 24.7 Å². The normalized spacial score (nSPS) is 17.7. The molecule has 0 saturated carbocycles. The lowest BCUT2D eigenvalue weighted by Gasteiger charge is -2.26. The molecule has 7 atom stereocenters. The number of amides is 2. The summed E-state index contributed by atoms with van der Waals surface area (Å²) < 4.78 is 0. The van der Waals surface area contributed by atoms with Gasteiger partial charge in [0.1, 0.15) is 30.1 Å². The van der Waals surface area contributed by atoms with Gasteiger partial charge in [-0.15, -0.1) is 0 Å². The third-order valence-corrected chi connectivity index (χ3v) is 5.61. The van der Waals surface area contributed by atoms with Crippen molar-refractivity contribution in [1.82, 2.24) is 16.0 Å². The highest BCUT2D eigenvalue weighted by Gasteiger charge is 2.32. The average molecular weight is 498 g/mol. The van der Waals surface area contributed by atoms with E-state index >= 15 is 0 Å². The number of carbonyl (C=O) groups is 4. The molecular formula is C19H35N3O10S. The van der Waals surface area contributed by atoms with E-state index in [1.165, 1.54) is 18.8 Å². The third-order valence-electron chi connectivity index (χ3n) is 4.95. The van der Waals surface area contributed by atoms with E-state index in [1.54, 1.807) is 13.2 Å². The van der Waals surface area contributed by atoms with E-state index in [0.29, 0.717) is 0 Å². The number of carboxylic acid groups (broad SMARTS) is 1. The highest BCUT2D eigenvalue weighted by atomic mass is 32.2. The lowest BCUT2D eigenvalue weighted by molar-refractivity contribution is -0.142. The minimum absolute atomic E-state index is 0.0763. The van der Waals surface area contributed by atoms with Gasteiger partial charge in [-0.1, -0.05) is 0 Å². The van der Waals surface area contributed by atoms with E-state index in [9.17, 15) is 44.7 Å². The smallest absolute Gasteiger partial charge is 0.327 e. The first-order valence-corrected chi connectivity index (χ1v) is 11.6. The van der Waals surface area contributed by atoms with Gasteiger partial charge < -0.3 is 46.6 Å². The maximum absolute atomic E-state index is 12.6. The van der Waals surface area contributed by atoms with Crippen LogP contribution >= 0.6 is 11.8 Å². The molecule has 0 spiro atoms. The summed E-state index contributed by atoms with van der Waals surface area (Å²) in [4.78, 5) is 48.6. The molecule has 0 aliphatic rings. The molecule has 2 amide bonds. The first-order chi connectivity index (χ1) is 15.4. The van der Waals surface area contributed by atoms with Crippen molar-refractivity contribution in [2.45, 2.75) is 56.3 Å². The van der Waals surface area contributed by atoms with Crippen LogP contribution in [-0.4, -0.2) is 123 Å². The molecule has 0 radical (unpaired) electrons. The minimum atomic E-state index is -1.88. The highest BCUT2D eigenvalue weighted by Crippen LogP contribution is 2.13. The summed E-state index contributed by atoms with van der Waals surface area (Å²) in [5.74, 6) is -4.34. The molecule has 0 aliphatic heterocycles. The molecule has 0 fully saturated rings. The van der Waals surface area contributed by atoms with Crippen LogP contribution in [0.2, 0.25) is 0 Å². The van der Waals surface area contributed by atoms with Crippen molar-refractivity contribution in [3.05, 3.63) is 0 Å². The summed E-state index contributed by atoms with van der Waals surface area (Å²) in [6.45, 7) is 0.144. The fraction of sp³-hybridized carbons (Fsp3) is 0.789. The van der Waals surface area contributed by atoms with Crippen LogP contribution < -0.4 is 16.0 Å². The van der Waals surface area contributed by atoms with Gasteiger partial charge in [-0.05, 0) is 20.2 Å². The molecule has 0 unspecified atom stereocenters. The molecule has 0 aromatic heterocycles. The highest BCUT2D eigenvalue weighted by molar-refractivity contribution is 7.98. The fourth-order valence-electron chi connectivity index (χ4n) is 2.67. The van der Waals surface area contributed by atoms with Crippen molar-refractivity contribution < 1.29 is 49.8 Å². The van der Waals surface area contributed by atoms with Gasteiger partial charge in [0.2, 0.25) is 11.8 Å². The van der Waals surface area contributed by atoms with Crippen LogP contribution in [0.25, 0.3) is 0 Å². The molecule has 13 nitrogen and oxygen atoms in total. The summed E-state index contributed by atoms with van der Waals surface area (Å²) in [5.41, 5.74) is 0. The Labute approximate surface area is 195 Å². The molecule has 0 saturated heterocycles. The maximum atomic E-state index is 12.6. The Kier molecular flexibility index (Phi) is 15.1. The number of rotatable bonds is 17. The van der Waals surface area contributed by atoms with Crippen LogP contribution in [0.15, 0.2) is 0 Å². The Morgan fingerprint density at radius 3 is 2.03 bits per heavy atom. The van der Waals surface area contributed by atoms with Gasteiger partial charge >= 0.3 is 5.97 Å². The predicted octanol–water partition coefficient (Wildman–Crippen LogP) is -3.96. The lowest BCUT2D eigenvalue weighted by atomic mass is 9.94. The Morgan fingerprint density at radius 2 is 1.55 bits per heavy atom. The maximum Gasteiger partial charge on any atom is 0.327 e. The molecule has 14 heteroatoms. The number of likely N-dealkylation sites (N-methyl/N-ethyl adjacent to an activating group) is 1. The summed E-state index contributed by atoms with van der Waals surface area (Å²) in [6, 6.07) is -1.83. The lowest BCUT2D eigenvalue weighted by Crippen LogP contribution is -2.50. The number of carbonyl (C=O) groups excluding carboxylic acids is 3. The van der Waals surface area contributed by atoms with Crippen LogP contribution in [-0.2, 0) is 19.2 Å². The second-order valence-electron chi connectivity index (χ2n) is 7.54. The molecule has 0 aromatic rings. The van der Waals surface area contributed by atoms with Crippen LogP contribution in [0, 0.1) is 5.92 Å². The quantitative estimate of drug-likeness (QED) is 0.0938. The molecule has 9 N–H and O–H groups in total. The fourth-order valence-corrected chi connectivity index (χ4v) is 3.23. The largest absolute Gasteiger partial charge is 0.480 e. The zero-order valence-corrected chi connectivity index (χ0v) is 19.6. The van der Waals surface area contributed by atoms with Gasteiger partial charge in [0.25, 0.3) is 0 Å². The van der Waals surface area contributed by atoms with Crippen molar-refractivity contribution in [3.8, 4) is 0 Å². The van der Waals surface area contributed by atoms with Crippen LogP contribution in [0.5, 0.6) is 0 Å². The van der Waals surface area contributed by atoms with Crippen molar-refractivity contribution in [3.63, 3.8) is 0 Å². The van der Waals surface area contributed by atoms with Crippen LogP contribution in [0.1, 0.15) is 19.8 Å². The molecular weight excluding hydrogens is 462 g/mol. The molecule has 0 rings (SSSR count). The molecule has 192 valence electrons. The second-order valence-corrected chi connectivity index (χ2v) is 8.45. The molecule has 0 bridgehead atoms. The number of carboxylic acids is 1. The van der Waals surface area contributed by atoms with Crippen LogP contribution in [0.4, 0.5) is 0 Å². The minimum Gasteiger partial charge on any atom is -0.480 e. The third kappa shape index (κ3) is 11.2. The van der Waals surface area contributed by atoms with E-state index < -0.39 is 79.8 Å². The number of hydrogen-bond donors (Lipinski definition) is 9. The van der Waals surface area contributed by atoms with Gasteiger partial charge in [-0.25, -0.2) is 4.79 Å². The number of nitrogens with one attached hydrogen (secondary N) is 3. The molecule has 0 aromatic carbocycles. The molecule has 0 aliphatic carbocycles. The number of Topliss-reactive ketones (excluding diaryl/α,β-unsaturated/α-hetero) is 1. The van der Waals surface area contributed by atoms with E-state index in [-0.39, 0.29) is 18.0 Å². The van der Waals surface area contributed by atoms with Gasteiger partial charge in [-0.2, -0.15) is 11.8 Å². The van der Waals surface area contributed by atoms with Crippen molar-refractivity contribution >= 4 is 35.3 Å². The van der Waals surface area contributed by atoms with Gasteiger partial charge in [0.15, 0.2) is 0 Å². The Bertz CT molecular complexity index is 653. The van der Waals surface area contributed by atoms with Gasteiger partial charge in [0, 0.05) is 25.1 Å². The molecule has 33 heavy (non-hydrogen) atoms. The Hall–Kier alpha value is -1.81. The summed E-state index contributed by atoms with van der Waals surface area (Å²) in [7, 11) is 1.54. The second kappa shape index (κ2) is 15.9. The van der Waals surface area contributed by atoms with E-state index in [2.05, 4.69) is 16.0 Å². The average Bonchev–Trinajstić information content (AvgIpc) is 2.79. The summed E-state index contributed by atoms with van der Waals surface area (Å²) >= 11 is 1.19. The zero-order valence-electron chi connectivity index (χ0n) is 18.8. The number of aliphatic carboxylic acids is 1. The van der Waals surface area contributed by atoms with E-state index in [1.807, 2.05) is 0 Å². The number of ketones is 1. The van der Waals surface area contributed by atoms with E-state index in [0.717, 1.165) is 0 Å². The first kappa shape index (κ1) is 31.2. The standard InChI is InChI=1S/C19H35N3O10S/c1-9(20-2)12(24)4-10(18(30)22-11(8-33-3)19(31)32)5-15(27)21-6-13(25)16(28)17(29)14(26)7-23/h9-11,13-14,16-17,20,23,25-26,28-29H,4-8H2,1-3H3,(H,21,27)(H,22,30)(H,31,32)/t9-,10-,11-,13-,14+,16+,17+/m0/s1. The Balaban J connectivity index is 5.19.